The number of hydrogen-bond acceptors (Lipinski definition) is 2. The molecule has 0 aliphatic rings. The molecule has 0 saturated carbocycles. The summed E-state index contributed by atoms with van der Waals surface area (Å²) in [6.07, 6.45) is 3.55. The number of halogens is 7. The molecule has 144 valence electrons. The average molecular weight is 505 g/mol. The van der Waals surface area contributed by atoms with E-state index in [0.29, 0.717) is 0 Å². The second-order valence-electron chi connectivity index (χ2n) is 5.50. The van der Waals surface area contributed by atoms with E-state index in [-0.39, 0.29) is 9.65 Å². The Morgan fingerprint density at radius 3 is 2.00 bits per heavy atom. The van der Waals surface area contributed by atoms with Gasteiger partial charge in [0.15, 0.2) is 23.3 Å². The summed E-state index contributed by atoms with van der Waals surface area (Å²) >= 11 is 6.99. The van der Waals surface area contributed by atoms with Crippen molar-refractivity contribution in [3.63, 3.8) is 0 Å². The molecule has 0 aliphatic heterocycles. The van der Waals surface area contributed by atoms with Gasteiger partial charge in [-0.1, -0.05) is 54.7 Å². The Hall–Kier alpha value is -1.22. The summed E-state index contributed by atoms with van der Waals surface area (Å²) in [4.78, 5) is 4.77. The highest BCUT2D eigenvalue weighted by molar-refractivity contribution is 9.10. The fourth-order valence-electron chi connectivity index (χ4n) is 1.74. The van der Waals surface area contributed by atoms with Crippen LogP contribution in [0.25, 0.3) is 0 Å². The Balaban J connectivity index is 2.70. The van der Waals surface area contributed by atoms with Crippen LogP contribution in [0.3, 0.4) is 0 Å². The lowest BCUT2D eigenvalue weighted by atomic mass is 10.1. The topological polar surface area (TPSA) is 21.6 Å². The number of hydrogen-bond donors (Lipinski definition) is 0. The molecule has 0 spiro atoms. The standard InChI is InChI=1S/C17H16Br2F5NO/c1-8(2)11(18)6-12(19)9(3)4-5-25-26-7-10-13(20)15(22)17(24)16(23)14(10)21/h4-5,11-12H,1,6-7H2,2-3H3/b9-4+,25-5+. The fourth-order valence-corrected chi connectivity index (χ4v) is 3.15. The normalized spacial score (nSPS) is 14.6. The zero-order chi connectivity index (χ0) is 20.0. The third-order valence-corrected chi connectivity index (χ3v) is 5.68. The average Bonchev–Trinajstić information content (AvgIpc) is 2.60. The highest BCUT2D eigenvalue weighted by Crippen LogP contribution is 2.25. The van der Waals surface area contributed by atoms with Crippen molar-refractivity contribution in [1.29, 1.82) is 0 Å². The maximum Gasteiger partial charge on any atom is 0.200 e. The van der Waals surface area contributed by atoms with Crippen molar-refractivity contribution in [3.05, 3.63) is 58.5 Å². The third kappa shape index (κ3) is 5.90. The lowest BCUT2D eigenvalue weighted by molar-refractivity contribution is 0.124. The van der Waals surface area contributed by atoms with E-state index >= 15 is 0 Å². The highest BCUT2D eigenvalue weighted by atomic mass is 79.9. The van der Waals surface area contributed by atoms with Crippen molar-refractivity contribution in [2.45, 2.75) is 36.5 Å². The van der Waals surface area contributed by atoms with Crippen LogP contribution < -0.4 is 0 Å². The van der Waals surface area contributed by atoms with Crippen LogP contribution in [-0.4, -0.2) is 15.9 Å². The lowest BCUT2D eigenvalue weighted by Gasteiger charge is -2.14. The maximum absolute atomic E-state index is 13.5. The number of alkyl halides is 2. The van der Waals surface area contributed by atoms with Crippen LogP contribution in [0.2, 0.25) is 0 Å². The van der Waals surface area contributed by atoms with Gasteiger partial charge in [-0.2, -0.15) is 0 Å². The molecular formula is C17H16Br2F5NO. The van der Waals surface area contributed by atoms with Crippen molar-refractivity contribution in [3.8, 4) is 0 Å². The zero-order valence-corrected chi connectivity index (χ0v) is 17.1. The van der Waals surface area contributed by atoms with Crippen molar-refractivity contribution < 1.29 is 26.8 Å². The van der Waals surface area contributed by atoms with E-state index in [1.165, 1.54) is 6.21 Å². The minimum atomic E-state index is -2.21. The zero-order valence-electron chi connectivity index (χ0n) is 13.9. The van der Waals surface area contributed by atoms with Gasteiger partial charge in [-0.3, -0.25) is 0 Å². The van der Waals surface area contributed by atoms with Crippen molar-refractivity contribution >= 4 is 38.1 Å². The summed E-state index contributed by atoms with van der Waals surface area (Å²) in [7, 11) is 0. The molecule has 9 heteroatoms. The molecule has 1 aromatic rings. The molecule has 0 heterocycles. The minimum Gasteiger partial charge on any atom is -0.391 e. The Labute approximate surface area is 165 Å². The highest BCUT2D eigenvalue weighted by Gasteiger charge is 2.25. The molecule has 0 aliphatic carbocycles. The molecule has 0 aromatic heterocycles. The molecule has 2 unspecified atom stereocenters. The molecule has 0 saturated heterocycles. The van der Waals surface area contributed by atoms with Crippen LogP contribution in [0.15, 0.2) is 29.0 Å². The van der Waals surface area contributed by atoms with Gasteiger partial charge in [0.25, 0.3) is 0 Å². The second-order valence-corrected chi connectivity index (χ2v) is 7.71. The van der Waals surface area contributed by atoms with E-state index in [0.717, 1.165) is 17.6 Å². The first kappa shape index (κ1) is 22.8. The summed E-state index contributed by atoms with van der Waals surface area (Å²) in [5.74, 6) is -10.1. The maximum atomic E-state index is 13.5. The summed E-state index contributed by atoms with van der Waals surface area (Å²) < 4.78 is 65.9. The Morgan fingerprint density at radius 2 is 1.50 bits per heavy atom. The molecule has 0 bridgehead atoms. The first-order valence-corrected chi connectivity index (χ1v) is 9.17. The quantitative estimate of drug-likeness (QED) is 0.0771. The number of allylic oxidation sites excluding steroid dienone is 3. The van der Waals surface area contributed by atoms with E-state index in [1.54, 1.807) is 6.08 Å². The van der Waals surface area contributed by atoms with E-state index in [1.807, 2.05) is 13.8 Å². The third-order valence-electron chi connectivity index (χ3n) is 3.43. The summed E-state index contributed by atoms with van der Waals surface area (Å²) in [5.41, 5.74) is 0.780. The Kier molecular flexibility index (Phi) is 8.95. The van der Waals surface area contributed by atoms with Gasteiger partial charge in [0, 0.05) is 9.65 Å². The molecule has 0 fully saturated rings. The van der Waals surface area contributed by atoms with E-state index in [9.17, 15) is 22.0 Å². The molecule has 0 N–H and O–H groups in total. The monoisotopic (exact) mass is 503 g/mol. The van der Waals surface area contributed by atoms with Gasteiger partial charge in [0.05, 0.1) is 11.8 Å². The minimum absolute atomic E-state index is 0.0187. The lowest BCUT2D eigenvalue weighted by Crippen LogP contribution is -2.09. The smallest absolute Gasteiger partial charge is 0.200 e. The largest absolute Gasteiger partial charge is 0.391 e. The summed E-state index contributed by atoms with van der Waals surface area (Å²) in [5, 5.41) is 3.44. The molecular weight excluding hydrogens is 489 g/mol. The SMILES string of the molecule is C=C(C)C(Br)CC(Br)/C(C)=C/C=N/OCc1c(F)c(F)c(F)c(F)c1F. The molecule has 1 aromatic carbocycles. The molecule has 26 heavy (non-hydrogen) atoms. The Morgan fingerprint density at radius 1 is 1.00 bits per heavy atom. The van der Waals surface area contributed by atoms with E-state index in [4.69, 9.17) is 0 Å². The van der Waals surface area contributed by atoms with Crippen LogP contribution in [0.1, 0.15) is 25.8 Å². The molecule has 0 amide bonds. The predicted octanol–water partition coefficient (Wildman–Crippen LogP) is 6.32. The fraction of sp³-hybridized carbons (Fsp3) is 0.353. The van der Waals surface area contributed by atoms with Gasteiger partial charge >= 0.3 is 0 Å². The van der Waals surface area contributed by atoms with Crippen molar-refractivity contribution in [1.82, 2.24) is 0 Å². The van der Waals surface area contributed by atoms with Crippen molar-refractivity contribution in [2.24, 2.45) is 5.16 Å². The van der Waals surface area contributed by atoms with Gasteiger partial charge < -0.3 is 4.84 Å². The first-order valence-electron chi connectivity index (χ1n) is 7.33. The molecule has 2 atom stereocenters. The van der Waals surface area contributed by atoms with Gasteiger partial charge in [-0.25, -0.2) is 22.0 Å². The van der Waals surface area contributed by atoms with Crippen LogP contribution in [0, 0.1) is 29.1 Å². The van der Waals surface area contributed by atoms with Crippen LogP contribution >= 0.6 is 31.9 Å². The van der Waals surface area contributed by atoms with Crippen LogP contribution in [0.4, 0.5) is 22.0 Å². The predicted molar refractivity (Wildman–Crippen MR) is 98.1 cm³/mol. The number of rotatable bonds is 8. The molecule has 2 nitrogen and oxygen atoms in total. The Bertz CT molecular complexity index is 707. The molecule has 1 rings (SSSR count). The van der Waals surface area contributed by atoms with Gasteiger partial charge in [0.1, 0.15) is 6.61 Å². The number of oxime groups is 1. The summed E-state index contributed by atoms with van der Waals surface area (Å²) in [6.45, 7) is 6.67. The number of nitrogens with zero attached hydrogens (tertiary/aromatic N) is 1. The van der Waals surface area contributed by atoms with Gasteiger partial charge in [-0.15, -0.1) is 0 Å². The van der Waals surface area contributed by atoms with Crippen molar-refractivity contribution in [2.75, 3.05) is 0 Å². The van der Waals surface area contributed by atoms with E-state index in [2.05, 4.69) is 48.4 Å². The number of benzene rings is 1. The van der Waals surface area contributed by atoms with E-state index < -0.39 is 41.3 Å². The van der Waals surface area contributed by atoms with Gasteiger partial charge in [-0.05, 0) is 26.3 Å². The van der Waals surface area contributed by atoms with Crippen LogP contribution in [-0.2, 0) is 11.4 Å². The molecule has 0 radical (unpaired) electrons. The summed E-state index contributed by atoms with van der Waals surface area (Å²) in [6, 6.07) is 0. The van der Waals surface area contributed by atoms with Crippen LogP contribution in [0.5, 0.6) is 0 Å². The van der Waals surface area contributed by atoms with Gasteiger partial charge in [0.2, 0.25) is 5.82 Å². The second kappa shape index (κ2) is 10.2. The first-order chi connectivity index (χ1) is 12.1.